The molecule has 0 fully saturated rings. The van der Waals surface area contributed by atoms with E-state index in [2.05, 4.69) is 17.4 Å². The first-order chi connectivity index (χ1) is 8.15. The van der Waals surface area contributed by atoms with E-state index in [0.717, 1.165) is 0 Å². The number of nitriles is 1. The van der Waals surface area contributed by atoms with Crippen molar-refractivity contribution in [2.24, 2.45) is 0 Å². The Hall–Kier alpha value is -0.0614. The van der Waals surface area contributed by atoms with E-state index in [4.69, 9.17) is 10.4 Å². The molecule has 0 saturated heterocycles. The molecule has 9 heteroatoms. The SMILES string of the molecule is C=COCCO.N#Cc1c[c-]c(C(=O)[O-])cc1.[Br-].[Mg+2].[Pd+2].[SH-]. The fourth-order valence-electron chi connectivity index (χ4n) is 0.757. The van der Waals surface area contributed by atoms with Gasteiger partial charge in [-0.3, -0.25) is 0 Å². The molecule has 0 atom stereocenters. The van der Waals surface area contributed by atoms with Gasteiger partial charge in [-0.1, -0.05) is 6.58 Å². The van der Waals surface area contributed by atoms with Crippen LogP contribution >= 0.6 is 0 Å². The molecule has 0 aliphatic heterocycles. The van der Waals surface area contributed by atoms with Crippen LogP contribution < -0.4 is 22.1 Å². The van der Waals surface area contributed by atoms with Crippen LogP contribution in [0.1, 0.15) is 15.9 Å². The Labute approximate surface area is 171 Å². The first-order valence-electron chi connectivity index (χ1n) is 4.62. The van der Waals surface area contributed by atoms with Crippen LogP contribution in [0.2, 0.25) is 0 Å². The standard InChI is InChI=1S/C8H4NO2.C4H8O2.BrH.Mg.Pd.H2S/c9-5-6-1-3-7(4-2-6)8(10)11;1-2-6-4-3-5;;;;/h1-3H,(H,10,11);2,5H,1,3-4H2;1H;;;1H2/q-1;;;2*+2;/p-3. The zero-order chi connectivity index (χ0) is 13.1. The van der Waals surface area contributed by atoms with Crippen molar-refractivity contribution < 1.29 is 57.1 Å². The molecule has 0 bridgehead atoms. The smallest absolute Gasteiger partial charge is 1.00 e. The number of halogens is 1. The molecule has 1 N–H and O–H groups in total. The van der Waals surface area contributed by atoms with Crippen molar-refractivity contribution in [2.75, 3.05) is 13.2 Å². The number of nitrogens with zero attached hydrogens (tertiary/aromatic N) is 1. The summed E-state index contributed by atoms with van der Waals surface area (Å²) in [6, 6.07) is 8.25. The summed E-state index contributed by atoms with van der Waals surface area (Å²) in [6.07, 6.45) is 1.30. The van der Waals surface area contributed by atoms with Crippen LogP contribution in [0, 0.1) is 17.4 Å². The van der Waals surface area contributed by atoms with Crippen molar-refractivity contribution in [3.63, 3.8) is 0 Å². The van der Waals surface area contributed by atoms with E-state index in [9.17, 15) is 9.90 Å². The average molecular weight is 477 g/mol. The Morgan fingerprint density at radius 2 is 2.14 bits per heavy atom. The zero-order valence-corrected chi connectivity index (χ0v) is 16.3. The normalized spacial score (nSPS) is 6.67. The van der Waals surface area contributed by atoms with E-state index < -0.39 is 5.97 Å². The van der Waals surface area contributed by atoms with Crippen LogP contribution in [0.3, 0.4) is 0 Å². The number of aliphatic hydroxyl groups is 1. The van der Waals surface area contributed by atoms with Crippen LogP contribution in [0.25, 0.3) is 0 Å². The second-order valence-corrected chi connectivity index (χ2v) is 2.65. The maximum Gasteiger partial charge on any atom is 2.00 e. The molecule has 1 aromatic rings. The van der Waals surface area contributed by atoms with Gasteiger partial charge in [0.25, 0.3) is 0 Å². The Balaban J connectivity index is -0.0000000764. The van der Waals surface area contributed by atoms with E-state index in [-0.39, 0.29) is 86.1 Å². The number of benzene rings is 1. The minimum atomic E-state index is -1.28. The summed E-state index contributed by atoms with van der Waals surface area (Å²) >= 11 is 0. The number of aromatic carboxylic acids is 1. The van der Waals surface area contributed by atoms with Gasteiger partial charge in [0.15, 0.2) is 0 Å². The molecule has 0 aliphatic rings. The van der Waals surface area contributed by atoms with E-state index in [1.54, 1.807) is 0 Å². The quantitative estimate of drug-likeness (QED) is 0.120. The third-order valence-electron chi connectivity index (χ3n) is 1.49. The molecule has 0 aromatic heterocycles. The number of carboxylic acid groups (broad SMARTS) is 1. The molecule has 1 rings (SSSR count). The monoisotopic (exact) mass is 475 g/mol. The van der Waals surface area contributed by atoms with Gasteiger partial charge in [0.2, 0.25) is 0 Å². The molecule has 0 aliphatic carbocycles. The van der Waals surface area contributed by atoms with Crippen LogP contribution in [0.4, 0.5) is 0 Å². The summed E-state index contributed by atoms with van der Waals surface area (Å²) in [7, 11) is 0. The Bertz CT molecular complexity index is 415. The summed E-state index contributed by atoms with van der Waals surface area (Å²) < 4.78 is 4.50. The number of carbonyl (C=O) groups is 1. The minimum Gasteiger partial charge on any atom is -1.00 e. The number of carbonyl (C=O) groups excluding carboxylic acids is 1. The average Bonchev–Trinajstić information content (AvgIpc) is 2.37. The minimum absolute atomic E-state index is 0. The van der Waals surface area contributed by atoms with Crippen LogP contribution in [-0.2, 0) is 38.7 Å². The molecule has 21 heavy (non-hydrogen) atoms. The molecule has 0 heterocycles. The van der Waals surface area contributed by atoms with Gasteiger partial charge in [-0.15, -0.1) is 29.8 Å². The second kappa shape index (κ2) is 22.2. The molecule has 114 valence electrons. The molecular formula is C12H12BrMgNO4PdS. The van der Waals surface area contributed by atoms with Gasteiger partial charge < -0.3 is 50.2 Å². The van der Waals surface area contributed by atoms with Crippen molar-refractivity contribution in [1.82, 2.24) is 0 Å². The Morgan fingerprint density at radius 3 is 2.38 bits per heavy atom. The summed E-state index contributed by atoms with van der Waals surface area (Å²) in [4.78, 5) is 10.2. The van der Waals surface area contributed by atoms with Gasteiger partial charge in [-0.25, -0.2) is 5.26 Å². The molecule has 0 saturated carbocycles. The van der Waals surface area contributed by atoms with Gasteiger partial charge in [-0.05, 0) is 11.5 Å². The summed E-state index contributed by atoms with van der Waals surface area (Å²) in [5.41, 5.74) is 0.346. The van der Waals surface area contributed by atoms with Gasteiger partial charge in [0, 0.05) is 6.07 Å². The van der Waals surface area contributed by atoms with Crippen molar-refractivity contribution in [3.05, 3.63) is 48.2 Å². The Kier molecular flexibility index (Phi) is 34.7. The summed E-state index contributed by atoms with van der Waals surface area (Å²) in [5, 5.41) is 26.5. The van der Waals surface area contributed by atoms with Crippen LogP contribution in [0.15, 0.2) is 31.0 Å². The number of hydrogen-bond acceptors (Lipinski definition) is 6. The molecule has 0 unspecified atom stereocenters. The third kappa shape index (κ3) is 17.9. The van der Waals surface area contributed by atoms with Crippen molar-refractivity contribution in [3.8, 4) is 6.07 Å². The maximum absolute atomic E-state index is 10.2. The molecule has 1 aromatic carbocycles. The molecule has 0 spiro atoms. The predicted octanol–water partition coefficient (Wildman–Crippen LogP) is -3.79. The van der Waals surface area contributed by atoms with Gasteiger partial charge in [-0.2, -0.15) is 0 Å². The third-order valence-corrected chi connectivity index (χ3v) is 1.49. The molecule has 0 radical (unpaired) electrons. The predicted molar refractivity (Wildman–Crippen MR) is 72.1 cm³/mol. The van der Waals surface area contributed by atoms with Crippen molar-refractivity contribution in [1.29, 1.82) is 5.26 Å². The molecule has 5 nitrogen and oxygen atoms in total. The number of aliphatic hydroxyl groups excluding tert-OH is 1. The van der Waals surface area contributed by atoms with Gasteiger partial charge in [0.1, 0.15) is 6.61 Å². The van der Waals surface area contributed by atoms with E-state index in [1.807, 2.05) is 6.07 Å². The number of carboxylic acids is 1. The summed E-state index contributed by atoms with van der Waals surface area (Å²) in [5.74, 6) is -1.28. The maximum atomic E-state index is 10.2. The van der Waals surface area contributed by atoms with E-state index in [0.29, 0.717) is 12.2 Å². The van der Waals surface area contributed by atoms with E-state index >= 15 is 0 Å². The number of rotatable bonds is 4. The molecular weight excluding hydrogens is 465 g/mol. The fourth-order valence-corrected chi connectivity index (χ4v) is 0.757. The first-order valence-corrected chi connectivity index (χ1v) is 4.62. The van der Waals surface area contributed by atoms with Crippen LogP contribution in [0.5, 0.6) is 0 Å². The van der Waals surface area contributed by atoms with Crippen molar-refractivity contribution >= 4 is 42.5 Å². The number of hydrogen-bond donors (Lipinski definition) is 1. The van der Waals surface area contributed by atoms with Gasteiger partial charge >= 0.3 is 43.5 Å². The van der Waals surface area contributed by atoms with E-state index in [1.165, 1.54) is 24.5 Å². The Morgan fingerprint density at radius 1 is 1.57 bits per heavy atom. The second-order valence-electron chi connectivity index (χ2n) is 2.65. The van der Waals surface area contributed by atoms with Gasteiger partial charge in [0.05, 0.1) is 12.9 Å². The topological polar surface area (TPSA) is 93.4 Å². The fraction of sp³-hybridized carbons (Fsp3) is 0.167. The molecule has 0 amide bonds. The van der Waals surface area contributed by atoms with Crippen LogP contribution in [-0.4, -0.2) is 47.3 Å². The largest absolute Gasteiger partial charge is 2.00 e. The van der Waals surface area contributed by atoms with Crippen molar-refractivity contribution in [2.45, 2.75) is 0 Å². The first kappa shape index (κ1) is 32.8. The number of thiol groups is 1. The summed E-state index contributed by atoms with van der Waals surface area (Å²) in [6.45, 7) is 3.68. The zero-order valence-electron chi connectivity index (χ0n) is 10.9. The number of ether oxygens (including phenoxy) is 1.